The zero-order chi connectivity index (χ0) is 12.2. The van der Waals surface area contributed by atoms with Crippen molar-refractivity contribution in [3.05, 3.63) is 0 Å². The lowest BCUT2D eigenvalue weighted by Gasteiger charge is -2.06. The molecule has 0 N–H and O–H groups in total. The molecule has 0 spiro atoms. The average molecular weight is 225 g/mol. The molecule has 16 heavy (non-hydrogen) atoms. The van der Waals surface area contributed by atoms with Gasteiger partial charge in [0.15, 0.2) is 0 Å². The van der Waals surface area contributed by atoms with Crippen molar-refractivity contribution in [2.75, 3.05) is 7.11 Å². The summed E-state index contributed by atoms with van der Waals surface area (Å²) in [6.07, 6.45) is 9.04. The number of methoxy groups -OCH3 is 1. The van der Waals surface area contributed by atoms with E-state index in [1.54, 1.807) is 0 Å². The van der Waals surface area contributed by atoms with E-state index >= 15 is 0 Å². The quantitative estimate of drug-likeness (QED) is 0.446. The molecule has 0 aliphatic rings. The monoisotopic (exact) mass is 225 g/mol. The van der Waals surface area contributed by atoms with Crippen molar-refractivity contribution in [1.82, 2.24) is 0 Å². The summed E-state index contributed by atoms with van der Waals surface area (Å²) in [4.78, 5) is 11.1. The molecule has 0 aromatic rings. The fourth-order valence-electron chi connectivity index (χ4n) is 1.68. The molecule has 0 rings (SSSR count). The highest BCUT2D eigenvalue weighted by atomic mass is 16.5. The molecule has 1 unspecified atom stereocenters. The molecule has 0 aromatic carbocycles. The second-order valence-corrected chi connectivity index (χ2v) is 4.11. The van der Waals surface area contributed by atoms with Crippen LogP contribution in [0.15, 0.2) is 0 Å². The number of nitrogens with zero attached hydrogens (tertiary/aromatic N) is 1. The number of carbonyl (C=O) groups is 1. The summed E-state index contributed by atoms with van der Waals surface area (Å²) in [7, 11) is 1.33. The van der Waals surface area contributed by atoms with E-state index in [1.807, 2.05) is 6.07 Å². The summed E-state index contributed by atoms with van der Waals surface area (Å²) in [6, 6.07) is 1.99. The van der Waals surface area contributed by atoms with Gasteiger partial charge in [0.2, 0.25) is 0 Å². The van der Waals surface area contributed by atoms with Crippen LogP contribution in [0.2, 0.25) is 0 Å². The first-order valence-corrected chi connectivity index (χ1v) is 6.23. The zero-order valence-electron chi connectivity index (χ0n) is 10.5. The van der Waals surface area contributed by atoms with E-state index in [0.717, 1.165) is 12.8 Å². The standard InChI is InChI=1S/C13H23NO2/c1-3-4-5-6-7-8-9-10-12(11-14)13(15)16-2/h12H,3-10H2,1-2H3. The van der Waals surface area contributed by atoms with Crippen molar-refractivity contribution in [2.24, 2.45) is 5.92 Å². The van der Waals surface area contributed by atoms with Crippen LogP contribution in [0, 0.1) is 17.2 Å². The van der Waals surface area contributed by atoms with Gasteiger partial charge in [-0.05, 0) is 6.42 Å². The van der Waals surface area contributed by atoms with Crippen LogP contribution in [0.3, 0.4) is 0 Å². The number of nitriles is 1. The van der Waals surface area contributed by atoms with Gasteiger partial charge in [-0.3, -0.25) is 4.79 Å². The number of carbonyl (C=O) groups excluding carboxylic acids is 1. The highest BCUT2D eigenvalue weighted by Crippen LogP contribution is 2.13. The Hall–Kier alpha value is -1.04. The molecular formula is C13H23NO2. The Labute approximate surface area is 98.8 Å². The molecule has 0 aliphatic heterocycles. The summed E-state index contributed by atoms with van der Waals surface area (Å²) in [5.41, 5.74) is 0. The molecule has 0 heterocycles. The van der Waals surface area contributed by atoms with Crippen LogP contribution in [-0.4, -0.2) is 13.1 Å². The first-order chi connectivity index (χ1) is 7.76. The molecule has 3 heteroatoms. The van der Waals surface area contributed by atoms with Crippen LogP contribution >= 0.6 is 0 Å². The second kappa shape index (κ2) is 10.5. The molecule has 0 aromatic heterocycles. The molecular weight excluding hydrogens is 202 g/mol. The average Bonchev–Trinajstić information content (AvgIpc) is 2.32. The Morgan fingerprint density at radius 3 is 2.25 bits per heavy atom. The van der Waals surface area contributed by atoms with Gasteiger partial charge >= 0.3 is 5.97 Å². The summed E-state index contributed by atoms with van der Waals surface area (Å²) < 4.78 is 4.55. The SMILES string of the molecule is CCCCCCCCCC(C#N)C(=O)OC. The number of ether oxygens (including phenoxy) is 1. The van der Waals surface area contributed by atoms with E-state index in [4.69, 9.17) is 5.26 Å². The normalized spacial score (nSPS) is 11.8. The van der Waals surface area contributed by atoms with Gasteiger partial charge in [0.1, 0.15) is 5.92 Å². The number of unbranched alkanes of at least 4 members (excludes halogenated alkanes) is 6. The first-order valence-electron chi connectivity index (χ1n) is 6.23. The maximum absolute atomic E-state index is 11.1. The van der Waals surface area contributed by atoms with E-state index in [9.17, 15) is 4.79 Å². The summed E-state index contributed by atoms with van der Waals surface area (Å²) in [6.45, 7) is 2.20. The van der Waals surface area contributed by atoms with E-state index in [2.05, 4.69) is 11.7 Å². The molecule has 0 radical (unpaired) electrons. The molecule has 1 atom stereocenters. The van der Waals surface area contributed by atoms with Gasteiger partial charge in [-0.2, -0.15) is 5.26 Å². The molecule has 0 saturated heterocycles. The topological polar surface area (TPSA) is 50.1 Å². The highest BCUT2D eigenvalue weighted by Gasteiger charge is 2.17. The molecule has 3 nitrogen and oxygen atoms in total. The van der Waals surface area contributed by atoms with Gasteiger partial charge < -0.3 is 4.74 Å². The molecule has 0 amide bonds. The van der Waals surface area contributed by atoms with E-state index in [-0.39, 0.29) is 0 Å². The van der Waals surface area contributed by atoms with E-state index in [0.29, 0.717) is 6.42 Å². The Kier molecular flexibility index (Phi) is 9.80. The lowest BCUT2D eigenvalue weighted by molar-refractivity contribution is -0.143. The third kappa shape index (κ3) is 7.28. The van der Waals surface area contributed by atoms with Gasteiger partial charge in [-0.1, -0.05) is 51.9 Å². The van der Waals surface area contributed by atoms with Crippen molar-refractivity contribution in [3.63, 3.8) is 0 Å². The Morgan fingerprint density at radius 1 is 1.19 bits per heavy atom. The molecule has 0 fully saturated rings. The van der Waals surface area contributed by atoms with Crippen LogP contribution in [0.1, 0.15) is 58.3 Å². The lowest BCUT2D eigenvalue weighted by atomic mass is 10.0. The number of hydrogen-bond acceptors (Lipinski definition) is 3. The molecule has 0 saturated carbocycles. The van der Waals surface area contributed by atoms with Gasteiger partial charge in [0, 0.05) is 0 Å². The van der Waals surface area contributed by atoms with E-state index in [1.165, 1.54) is 39.2 Å². The predicted octanol–water partition coefficient (Wildman–Crippen LogP) is 3.44. The van der Waals surface area contributed by atoms with Crippen molar-refractivity contribution < 1.29 is 9.53 Å². The molecule has 0 aliphatic carbocycles. The van der Waals surface area contributed by atoms with Crippen LogP contribution in [0.5, 0.6) is 0 Å². The van der Waals surface area contributed by atoms with Crippen LogP contribution in [-0.2, 0) is 9.53 Å². The van der Waals surface area contributed by atoms with Crippen molar-refractivity contribution in [1.29, 1.82) is 5.26 Å². The predicted molar refractivity (Wildman–Crippen MR) is 63.7 cm³/mol. The summed E-state index contributed by atoms with van der Waals surface area (Å²) in [5.74, 6) is -0.964. The summed E-state index contributed by atoms with van der Waals surface area (Å²) in [5, 5.41) is 8.75. The fourth-order valence-corrected chi connectivity index (χ4v) is 1.68. The molecule has 92 valence electrons. The minimum absolute atomic E-state index is 0.395. The number of esters is 1. The van der Waals surface area contributed by atoms with Gasteiger partial charge in [-0.15, -0.1) is 0 Å². The maximum Gasteiger partial charge on any atom is 0.323 e. The van der Waals surface area contributed by atoms with Crippen LogP contribution in [0.4, 0.5) is 0 Å². The number of rotatable bonds is 9. The van der Waals surface area contributed by atoms with E-state index < -0.39 is 11.9 Å². The van der Waals surface area contributed by atoms with Crippen molar-refractivity contribution in [2.45, 2.75) is 58.3 Å². The maximum atomic E-state index is 11.1. The minimum atomic E-state index is -0.569. The Morgan fingerprint density at radius 2 is 1.75 bits per heavy atom. The fraction of sp³-hybridized carbons (Fsp3) is 0.846. The second-order valence-electron chi connectivity index (χ2n) is 4.11. The number of hydrogen-bond donors (Lipinski definition) is 0. The van der Waals surface area contributed by atoms with Gasteiger partial charge in [0.25, 0.3) is 0 Å². The summed E-state index contributed by atoms with van der Waals surface area (Å²) >= 11 is 0. The third-order valence-electron chi connectivity index (χ3n) is 2.74. The van der Waals surface area contributed by atoms with Gasteiger partial charge in [-0.25, -0.2) is 0 Å². The lowest BCUT2D eigenvalue weighted by Crippen LogP contribution is -2.14. The van der Waals surface area contributed by atoms with Crippen molar-refractivity contribution >= 4 is 5.97 Å². The Bertz CT molecular complexity index is 220. The van der Waals surface area contributed by atoms with Gasteiger partial charge in [0.05, 0.1) is 13.2 Å². The Balaban J connectivity index is 3.43. The largest absolute Gasteiger partial charge is 0.468 e. The first kappa shape index (κ1) is 15.0. The van der Waals surface area contributed by atoms with Crippen molar-refractivity contribution in [3.8, 4) is 6.07 Å². The highest BCUT2D eigenvalue weighted by molar-refractivity contribution is 5.74. The molecule has 0 bridgehead atoms. The van der Waals surface area contributed by atoms with Crippen LogP contribution < -0.4 is 0 Å². The smallest absolute Gasteiger partial charge is 0.323 e. The zero-order valence-corrected chi connectivity index (χ0v) is 10.5. The minimum Gasteiger partial charge on any atom is -0.468 e. The third-order valence-corrected chi connectivity index (χ3v) is 2.74. The van der Waals surface area contributed by atoms with Crippen LogP contribution in [0.25, 0.3) is 0 Å².